The van der Waals surface area contributed by atoms with Crippen molar-refractivity contribution in [2.45, 2.75) is 19.1 Å². The van der Waals surface area contributed by atoms with Crippen LogP contribution in [0.1, 0.15) is 24.5 Å². The van der Waals surface area contributed by atoms with Crippen molar-refractivity contribution in [2.75, 3.05) is 13.7 Å². The van der Waals surface area contributed by atoms with Gasteiger partial charge in [-0.15, -0.1) is 0 Å². The van der Waals surface area contributed by atoms with Crippen molar-refractivity contribution in [3.05, 3.63) is 59.7 Å². The Bertz CT molecular complexity index is 918. The summed E-state index contributed by atoms with van der Waals surface area (Å²) in [7, 11) is 1.55. The number of aliphatic hydroxyl groups is 1. The first-order chi connectivity index (χ1) is 13.0. The van der Waals surface area contributed by atoms with Crippen LogP contribution in [0.4, 0.5) is 0 Å². The van der Waals surface area contributed by atoms with Gasteiger partial charge in [0.25, 0.3) is 5.91 Å². The van der Waals surface area contributed by atoms with E-state index in [1.165, 1.54) is 0 Å². The molecule has 0 bridgehead atoms. The third kappa shape index (κ3) is 3.61. The molecule has 3 rings (SSSR count). The topological polar surface area (TPSA) is 95.2 Å². The molecule has 2 aromatic carbocycles. The molecule has 0 radical (unpaired) electrons. The molecule has 0 fully saturated rings. The van der Waals surface area contributed by atoms with Gasteiger partial charge >= 0.3 is 0 Å². The zero-order chi connectivity index (χ0) is 19.4. The quantitative estimate of drug-likeness (QED) is 0.878. The molecular weight excluding hydrogens is 346 g/mol. The Hall–Kier alpha value is -3.37. The molecule has 1 atom stereocenters. The van der Waals surface area contributed by atoms with Crippen LogP contribution in [0.3, 0.4) is 0 Å². The number of para-hydroxylation sites is 1. The molecule has 7 nitrogen and oxygen atoms in total. The molecule has 0 spiro atoms. The van der Waals surface area contributed by atoms with Gasteiger partial charge in [-0.2, -0.15) is 15.4 Å². The summed E-state index contributed by atoms with van der Waals surface area (Å²) in [5, 5.41) is 25.5. The van der Waals surface area contributed by atoms with Gasteiger partial charge in [0.05, 0.1) is 12.7 Å². The van der Waals surface area contributed by atoms with Crippen LogP contribution in [-0.2, 0) is 10.5 Å². The second-order valence-corrected chi connectivity index (χ2v) is 6.16. The standard InChI is InChI=1S/C20H19N3O4/c1-14-11-20(25,16-7-9-17(26-2)10-8-16)23(22-14)19(24)13-27-18-6-4-3-5-15(18)12-21/h3-10,25H,11,13H2,1-2H3/t20-/m0/s1. The predicted molar refractivity (Wildman–Crippen MR) is 98.1 cm³/mol. The van der Waals surface area contributed by atoms with Crippen LogP contribution in [-0.4, -0.2) is 35.5 Å². The highest BCUT2D eigenvalue weighted by atomic mass is 16.5. The minimum absolute atomic E-state index is 0.194. The maximum absolute atomic E-state index is 12.7. The molecule has 1 amide bonds. The fraction of sp³-hybridized carbons (Fsp3) is 0.250. The van der Waals surface area contributed by atoms with Crippen LogP contribution in [0.25, 0.3) is 0 Å². The average Bonchev–Trinajstić information content (AvgIpc) is 3.01. The lowest BCUT2D eigenvalue weighted by Crippen LogP contribution is -2.45. The van der Waals surface area contributed by atoms with E-state index >= 15 is 0 Å². The number of amides is 1. The number of benzene rings is 2. The van der Waals surface area contributed by atoms with Gasteiger partial charge in [-0.25, -0.2) is 0 Å². The normalized spacial score (nSPS) is 18.6. The number of rotatable bonds is 5. The van der Waals surface area contributed by atoms with Crippen LogP contribution >= 0.6 is 0 Å². The second kappa shape index (κ2) is 7.48. The number of nitriles is 1. The molecule has 2 aromatic rings. The molecule has 1 heterocycles. The highest BCUT2D eigenvalue weighted by Crippen LogP contribution is 2.36. The van der Waals surface area contributed by atoms with E-state index in [1.807, 2.05) is 6.07 Å². The van der Waals surface area contributed by atoms with E-state index in [1.54, 1.807) is 62.6 Å². The van der Waals surface area contributed by atoms with Crippen molar-refractivity contribution in [1.29, 1.82) is 5.26 Å². The lowest BCUT2D eigenvalue weighted by molar-refractivity contribution is -0.159. The molecule has 0 saturated carbocycles. The SMILES string of the molecule is COc1ccc([C@@]2(O)CC(C)=NN2C(=O)COc2ccccc2C#N)cc1. The monoisotopic (exact) mass is 365 g/mol. The Morgan fingerprint density at radius 1 is 1.30 bits per heavy atom. The number of hydrogen-bond acceptors (Lipinski definition) is 6. The van der Waals surface area contributed by atoms with Gasteiger partial charge in [0, 0.05) is 17.7 Å². The van der Waals surface area contributed by atoms with E-state index in [0.717, 1.165) is 5.01 Å². The third-order valence-corrected chi connectivity index (χ3v) is 4.27. The summed E-state index contributed by atoms with van der Waals surface area (Å²) in [5.41, 5.74) is -0.114. The van der Waals surface area contributed by atoms with Crippen molar-refractivity contribution in [3.63, 3.8) is 0 Å². The van der Waals surface area contributed by atoms with Gasteiger partial charge in [0.2, 0.25) is 0 Å². The summed E-state index contributed by atoms with van der Waals surface area (Å²) < 4.78 is 10.6. The van der Waals surface area contributed by atoms with E-state index in [0.29, 0.717) is 28.3 Å². The summed E-state index contributed by atoms with van der Waals surface area (Å²) >= 11 is 0. The number of hydrazone groups is 1. The second-order valence-electron chi connectivity index (χ2n) is 6.16. The number of carbonyl (C=O) groups excluding carboxylic acids is 1. The molecule has 7 heteroatoms. The summed E-state index contributed by atoms with van der Waals surface area (Å²) in [5.74, 6) is 0.437. The van der Waals surface area contributed by atoms with Crippen LogP contribution in [0.2, 0.25) is 0 Å². The molecule has 1 aliphatic rings. The van der Waals surface area contributed by atoms with Gasteiger partial charge < -0.3 is 14.6 Å². The number of nitrogens with zero attached hydrogens (tertiary/aromatic N) is 3. The molecule has 0 aliphatic carbocycles. The zero-order valence-corrected chi connectivity index (χ0v) is 15.0. The number of methoxy groups -OCH3 is 1. The number of hydrogen-bond donors (Lipinski definition) is 1. The Morgan fingerprint density at radius 3 is 2.67 bits per heavy atom. The first kappa shape index (κ1) is 18.4. The van der Waals surface area contributed by atoms with Gasteiger partial charge in [0.1, 0.15) is 17.6 Å². The Balaban J connectivity index is 1.80. The molecule has 1 N–H and O–H groups in total. The molecule has 0 aromatic heterocycles. The minimum Gasteiger partial charge on any atom is -0.497 e. The molecule has 0 saturated heterocycles. The first-order valence-corrected chi connectivity index (χ1v) is 8.34. The van der Waals surface area contributed by atoms with Gasteiger partial charge in [-0.05, 0) is 31.2 Å². The fourth-order valence-electron chi connectivity index (χ4n) is 2.95. The van der Waals surface area contributed by atoms with Crippen LogP contribution in [0.15, 0.2) is 53.6 Å². The fourth-order valence-corrected chi connectivity index (χ4v) is 2.95. The van der Waals surface area contributed by atoms with Crippen molar-refractivity contribution >= 4 is 11.6 Å². The van der Waals surface area contributed by atoms with Crippen molar-refractivity contribution < 1.29 is 19.4 Å². The molecule has 138 valence electrons. The van der Waals surface area contributed by atoms with Crippen molar-refractivity contribution in [2.24, 2.45) is 5.10 Å². The lowest BCUT2D eigenvalue weighted by atomic mass is 9.97. The Labute approximate surface area is 157 Å². The Kier molecular flexibility index (Phi) is 5.10. The van der Waals surface area contributed by atoms with Gasteiger partial charge in [0.15, 0.2) is 12.3 Å². The summed E-state index contributed by atoms with van der Waals surface area (Å²) in [6.07, 6.45) is 0.194. The number of ether oxygens (including phenoxy) is 2. The smallest absolute Gasteiger partial charge is 0.283 e. The molecule has 1 aliphatic heterocycles. The maximum atomic E-state index is 12.7. The predicted octanol–water partition coefficient (Wildman–Crippen LogP) is 2.40. The van der Waals surface area contributed by atoms with Gasteiger partial charge in [-0.1, -0.05) is 24.3 Å². The average molecular weight is 365 g/mol. The van der Waals surface area contributed by atoms with Crippen LogP contribution in [0, 0.1) is 11.3 Å². The molecule has 0 unspecified atom stereocenters. The molecule has 27 heavy (non-hydrogen) atoms. The zero-order valence-electron chi connectivity index (χ0n) is 15.0. The van der Waals surface area contributed by atoms with Gasteiger partial charge in [-0.3, -0.25) is 4.79 Å². The highest BCUT2D eigenvalue weighted by Gasteiger charge is 2.45. The van der Waals surface area contributed by atoms with Crippen molar-refractivity contribution in [3.8, 4) is 17.6 Å². The number of carbonyl (C=O) groups is 1. The largest absolute Gasteiger partial charge is 0.497 e. The lowest BCUT2D eigenvalue weighted by Gasteiger charge is -2.31. The van der Waals surface area contributed by atoms with Crippen LogP contribution < -0.4 is 9.47 Å². The first-order valence-electron chi connectivity index (χ1n) is 8.34. The van der Waals surface area contributed by atoms with E-state index in [-0.39, 0.29) is 13.0 Å². The van der Waals surface area contributed by atoms with E-state index < -0.39 is 11.6 Å². The third-order valence-electron chi connectivity index (χ3n) is 4.27. The summed E-state index contributed by atoms with van der Waals surface area (Å²) in [4.78, 5) is 12.7. The van der Waals surface area contributed by atoms with Crippen LogP contribution in [0.5, 0.6) is 11.5 Å². The maximum Gasteiger partial charge on any atom is 0.283 e. The Morgan fingerprint density at radius 2 is 2.00 bits per heavy atom. The van der Waals surface area contributed by atoms with Crippen molar-refractivity contribution in [1.82, 2.24) is 5.01 Å². The molecular formula is C20H19N3O4. The van der Waals surface area contributed by atoms with E-state index in [2.05, 4.69) is 5.10 Å². The summed E-state index contributed by atoms with van der Waals surface area (Å²) in [6, 6.07) is 15.5. The van der Waals surface area contributed by atoms with E-state index in [4.69, 9.17) is 14.7 Å². The summed E-state index contributed by atoms with van der Waals surface area (Å²) in [6.45, 7) is 1.39. The minimum atomic E-state index is -1.59. The highest BCUT2D eigenvalue weighted by molar-refractivity contribution is 5.89. The van der Waals surface area contributed by atoms with E-state index in [9.17, 15) is 9.90 Å².